The topological polar surface area (TPSA) is 76.2 Å². The summed E-state index contributed by atoms with van der Waals surface area (Å²) in [6.45, 7) is 0. The first-order valence-electron chi connectivity index (χ1n) is 3.81. The fourth-order valence-electron chi connectivity index (χ4n) is 1.09. The molecule has 1 heterocycles. The minimum absolute atomic E-state index is 0.551. The number of ether oxygens (including phenoxy) is 1. The lowest BCUT2D eigenvalue weighted by atomic mass is 10.2. The molecule has 1 rings (SSSR count). The summed E-state index contributed by atoms with van der Waals surface area (Å²) < 4.78 is 51.5. The molecule has 0 amide bonds. The van der Waals surface area contributed by atoms with Gasteiger partial charge < -0.3 is 9.72 Å². The predicted molar refractivity (Wildman–Crippen MR) is 51.6 cm³/mol. The molecule has 90 valence electrons. The third-order valence-electron chi connectivity index (χ3n) is 1.67. The van der Waals surface area contributed by atoms with E-state index in [9.17, 15) is 22.0 Å². The normalized spacial score (nSPS) is 11.8. The van der Waals surface area contributed by atoms with Gasteiger partial charge in [0.25, 0.3) is 15.5 Å². The summed E-state index contributed by atoms with van der Waals surface area (Å²) in [5, 5.41) is -0.875. The highest BCUT2D eigenvalue weighted by molar-refractivity contribution is 8.13. The second-order valence-electron chi connectivity index (χ2n) is 2.69. The number of H-pyrrole nitrogens is 1. The van der Waals surface area contributed by atoms with Crippen molar-refractivity contribution in [3.63, 3.8) is 0 Å². The van der Waals surface area contributed by atoms with Crippen LogP contribution >= 0.6 is 10.7 Å². The van der Waals surface area contributed by atoms with E-state index < -0.39 is 37.4 Å². The van der Waals surface area contributed by atoms with Gasteiger partial charge in [0.05, 0.1) is 12.7 Å². The Bertz CT molecular complexity index is 554. The maximum atomic E-state index is 12.5. The summed E-state index contributed by atoms with van der Waals surface area (Å²) in [6.07, 6.45) is -3.05. The first kappa shape index (κ1) is 12.9. The summed E-state index contributed by atoms with van der Waals surface area (Å²) in [5.41, 5.74) is -1.83. The van der Waals surface area contributed by atoms with Crippen molar-refractivity contribution in [3.8, 4) is 5.75 Å². The first-order chi connectivity index (χ1) is 7.27. The van der Waals surface area contributed by atoms with Crippen molar-refractivity contribution in [2.45, 2.75) is 11.5 Å². The van der Waals surface area contributed by atoms with Crippen LogP contribution in [0.5, 0.6) is 5.75 Å². The second-order valence-corrected chi connectivity index (χ2v) is 5.19. The fraction of sp³-hybridized carbons (Fsp3) is 0.286. The lowest BCUT2D eigenvalue weighted by Crippen LogP contribution is -2.14. The van der Waals surface area contributed by atoms with Crippen LogP contribution in [0, 0.1) is 0 Å². The van der Waals surface area contributed by atoms with Crippen LogP contribution in [0.3, 0.4) is 0 Å². The molecule has 0 unspecified atom stereocenters. The Hall–Kier alpha value is -1.15. The van der Waals surface area contributed by atoms with Gasteiger partial charge in [-0.1, -0.05) is 0 Å². The van der Waals surface area contributed by atoms with Crippen LogP contribution in [-0.4, -0.2) is 20.5 Å². The van der Waals surface area contributed by atoms with Crippen LogP contribution in [0.4, 0.5) is 8.78 Å². The molecule has 0 bridgehead atoms. The summed E-state index contributed by atoms with van der Waals surface area (Å²) in [7, 11) is 1.59. The van der Waals surface area contributed by atoms with Crippen molar-refractivity contribution >= 4 is 19.7 Å². The molecule has 1 aromatic heterocycles. The molecule has 16 heavy (non-hydrogen) atoms. The Labute approximate surface area is 93.4 Å². The third kappa shape index (κ3) is 2.50. The molecule has 0 radical (unpaired) electrons. The van der Waals surface area contributed by atoms with Crippen LogP contribution in [0.15, 0.2) is 15.9 Å². The highest BCUT2D eigenvalue weighted by Gasteiger charge is 2.25. The maximum Gasteiger partial charge on any atom is 0.280 e. The number of hydrogen-bond acceptors (Lipinski definition) is 4. The molecule has 0 fully saturated rings. The van der Waals surface area contributed by atoms with Gasteiger partial charge >= 0.3 is 0 Å². The van der Waals surface area contributed by atoms with Gasteiger partial charge in [-0.2, -0.15) is 0 Å². The molecule has 0 aromatic carbocycles. The molecule has 0 atom stereocenters. The Balaban J connectivity index is 3.69. The highest BCUT2D eigenvalue weighted by atomic mass is 35.7. The molecular weight excluding hydrogens is 268 g/mol. The number of pyridine rings is 1. The largest absolute Gasteiger partial charge is 0.493 e. The van der Waals surface area contributed by atoms with Gasteiger partial charge in [0.1, 0.15) is 0 Å². The zero-order valence-electron chi connectivity index (χ0n) is 7.83. The zero-order chi connectivity index (χ0) is 12.5. The van der Waals surface area contributed by atoms with E-state index in [1.807, 2.05) is 4.98 Å². The monoisotopic (exact) mass is 273 g/mol. The number of alkyl halides is 2. The minimum atomic E-state index is -4.37. The number of halogens is 3. The van der Waals surface area contributed by atoms with Gasteiger partial charge in [-0.05, 0) is 0 Å². The van der Waals surface area contributed by atoms with Crippen LogP contribution in [-0.2, 0) is 9.05 Å². The van der Waals surface area contributed by atoms with E-state index >= 15 is 0 Å². The van der Waals surface area contributed by atoms with E-state index in [1.54, 1.807) is 0 Å². The van der Waals surface area contributed by atoms with Gasteiger partial charge in [-0.25, -0.2) is 17.2 Å². The lowest BCUT2D eigenvalue weighted by molar-refractivity contribution is 0.146. The number of rotatable bonds is 3. The average molecular weight is 274 g/mol. The van der Waals surface area contributed by atoms with E-state index in [0.717, 1.165) is 7.11 Å². The molecule has 1 aromatic rings. The number of methoxy groups -OCH3 is 1. The predicted octanol–water partition coefficient (Wildman–Crippen LogP) is 1.25. The average Bonchev–Trinajstić information content (AvgIpc) is 2.14. The molecule has 0 saturated heterocycles. The molecule has 9 heteroatoms. The Morgan fingerprint density at radius 3 is 2.44 bits per heavy atom. The SMILES string of the molecule is COc1c(C(F)F)cc(=O)[nH]c1S(=O)(=O)Cl. The van der Waals surface area contributed by atoms with Crippen molar-refractivity contribution in [1.29, 1.82) is 0 Å². The third-order valence-corrected chi connectivity index (χ3v) is 2.91. The second kappa shape index (κ2) is 4.38. The molecule has 1 N–H and O–H groups in total. The van der Waals surface area contributed by atoms with Gasteiger partial charge in [0, 0.05) is 16.7 Å². The summed E-state index contributed by atoms with van der Waals surface area (Å²) >= 11 is 0. The standard InChI is InChI=1S/C7H6ClF2NO4S/c1-15-5-3(6(9)10)2-4(12)11-7(5)16(8,13)14/h2,6H,1H3,(H,11,12). The lowest BCUT2D eigenvalue weighted by Gasteiger charge is -2.09. The van der Waals surface area contributed by atoms with Crippen molar-refractivity contribution < 1.29 is 21.9 Å². The van der Waals surface area contributed by atoms with Crippen LogP contribution < -0.4 is 10.3 Å². The summed E-state index contributed by atoms with van der Waals surface area (Å²) in [6, 6.07) is 0.551. The molecule has 0 aliphatic carbocycles. The maximum absolute atomic E-state index is 12.5. The van der Waals surface area contributed by atoms with Gasteiger partial charge in [-0.15, -0.1) is 0 Å². The number of hydrogen-bond donors (Lipinski definition) is 1. The first-order valence-corrected chi connectivity index (χ1v) is 6.12. The smallest absolute Gasteiger partial charge is 0.280 e. The van der Waals surface area contributed by atoms with Crippen molar-refractivity contribution in [2.24, 2.45) is 0 Å². The molecule has 0 aliphatic rings. The zero-order valence-corrected chi connectivity index (χ0v) is 9.40. The Kier molecular flexibility index (Phi) is 3.54. The quantitative estimate of drug-likeness (QED) is 0.841. The van der Waals surface area contributed by atoms with Gasteiger partial charge in [0.2, 0.25) is 5.56 Å². The van der Waals surface area contributed by atoms with Gasteiger partial charge in [-0.3, -0.25) is 4.79 Å². The molecule has 0 aliphatic heterocycles. The molecule has 0 saturated carbocycles. The van der Waals surface area contributed by atoms with E-state index in [0.29, 0.717) is 6.07 Å². The van der Waals surface area contributed by atoms with Crippen molar-refractivity contribution in [1.82, 2.24) is 4.98 Å². The molecule has 0 spiro atoms. The van der Waals surface area contributed by atoms with E-state index in [-0.39, 0.29) is 0 Å². The van der Waals surface area contributed by atoms with E-state index in [4.69, 9.17) is 10.7 Å². The summed E-state index contributed by atoms with van der Waals surface area (Å²) in [5.74, 6) is -0.662. The number of nitrogens with one attached hydrogen (secondary N) is 1. The highest BCUT2D eigenvalue weighted by Crippen LogP contribution is 2.33. The van der Waals surface area contributed by atoms with Crippen LogP contribution in [0.2, 0.25) is 0 Å². The van der Waals surface area contributed by atoms with Crippen LogP contribution in [0.1, 0.15) is 12.0 Å². The van der Waals surface area contributed by atoms with Crippen LogP contribution in [0.25, 0.3) is 0 Å². The van der Waals surface area contributed by atoms with Crippen molar-refractivity contribution in [3.05, 3.63) is 22.0 Å². The van der Waals surface area contributed by atoms with E-state index in [1.165, 1.54) is 0 Å². The van der Waals surface area contributed by atoms with Crippen molar-refractivity contribution in [2.75, 3.05) is 7.11 Å². The molecular formula is C7H6ClF2NO4S. The Morgan fingerprint density at radius 2 is 2.06 bits per heavy atom. The molecule has 5 nitrogen and oxygen atoms in total. The minimum Gasteiger partial charge on any atom is -0.493 e. The number of aromatic amines is 1. The Morgan fingerprint density at radius 1 is 1.50 bits per heavy atom. The van der Waals surface area contributed by atoms with Gasteiger partial charge in [0.15, 0.2) is 10.8 Å². The van der Waals surface area contributed by atoms with E-state index in [2.05, 4.69) is 4.74 Å². The fourth-order valence-corrected chi connectivity index (χ4v) is 2.06. The summed E-state index contributed by atoms with van der Waals surface area (Å²) in [4.78, 5) is 12.8. The number of aromatic nitrogens is 1.